The molecule has 0 bridgehead atoms. The SMILES string of the molecule is CN=C1S/C(=C/c2cn(C)c3ccccc23)C(=O)N1C. The minimum absolute atomic E-state index is 0.00327. The minimum Gasteiger partial charge on any atom is -0.350 e. The monoisotopic (exact) mass is 285 g/mol. The van der Waals surface area contributed by atoms with Crippen molar-refractivity contribution in [1.29, 1.82) is 0 Å². The Morgan fingerprint density at radius 1 is 1.25 bits per heavy atom. The van der Waals surface area contributed by atoms with Crippen molar-refractivity contribution in [2.75, 3.05) is 14.1 Å². The highest BCUT2D eigenvalue weighted by molar-refractivity contribution is 8.18. The fourth-order valence-electron chi connectivity index (χ4n) is 2.38. The van der Waals surface area contributed by atoms with E-state index in [-0.39, 0.29) is 5.91 Å². The molecule has 0 atom stereocenters. The molecule has 0 aliphatic carbocycles. The molecule has 0 spiro atoms. The van der Waals surface area contributed by atoms with Crippen LogP contribution in [0.25, 0.3) is 17.0 Å². The van der Waals surface area contributed by atoms with E-state index in [9.17, 15) is 4.79 Å². The van der Waals surface area contributed by atoms with Crippen molar-refractivity contribution >= 4 is 39.8 Å². The van der Waals surface area contributed by atoms with Crippen molar-refractivity contribution in [2.24, 2.45) is 12.0 Å². The van der Waals surface area contributed by atoms with E-state index in [1.165, 1.54) is 11.8 Å². The normalized spacial score (nSPS) is 19.8. The van der Waals surface area contributed by atoms with Crippen molar-refractivity contribution in [3.05, 3.63) is 40.9 Å². The van der Waals surface area contributed by atoms with E-state index in [0.717, 1.165) is 21.6 Å². The van der Waals surface area contributed by atoms with Gasteiger partial charge in [-0.05, 0) is 23.9 Å². The van der Waals surface area contributed by atoms with Crippen molar-refractivity contribution in [1.82, 2.24) is 9.47 Å². The second kappa shape index (κ2) is 4.83. The molecule has 4 nitrogen and oxygen atoms in total. The van der Waals surface area contributed by atoms with Gasteiger partial charge in [0, 0.05) is 43.8 Å². The number of aromatic nitrogens is 1. The number of amidine groups is 1. The van der Waals surface area contributed by atoms with Gasteiger partial charge in [-0.1, -0.05) is 18.2 Å². The van der Waals surface area contributed by atoms with E-state index in [1.807, 2.05) is 31.5 Å². The third-order valence-electron chi connectivity index (χ3n) is 3.41. The molecule has 1 aliphatic heterocycles. The van der Waals surface area contributed by atoms with Gasteiger partial charge in [0.1, 0.15) is 0 Å². The number of nitrogens with zero attached hydrogens (tertiary/aromatic N) is 3. The summed E-state index contributed by atoms with van der Waals surface area (Å²) in [5, 5.41) is 1.89. The van der Waals surface area contributed by atoms with Gasteiger partial charge >= 0.3 is 0 Å². The first kappa shape index (κ1) is 13.0. The quantitative estimate of drug-likeness (QED) is 0.756. The predicted molar refractivity (Wildman–Crippen MR) is 84.6 cm³/mol. The smallest absolute Gasteiger partial charge is 0.266 e. The molecular weight excluding hydrogens is 270 g/mol. The molecule has 0 saturated carbocycles. The number of hydrogen-bond acceptors (Lipinski definition) is 3. The van der Waals surface area contributed by atoms with E-state index in [2.05, 4.69) is 21.7 Å². The van der Waals surface area contributed by atoms with Crippen LogP contribution in [0.5, 0.6) is 0 Å². The number of amides is 1. The average Bonchev–Trinajstić information content (AvgIpc) is 2.92. The van der Waals surface area contributed by atoms with Crippen molar-refractivity contribution in [3.8, 4) is 0 Å². The maximum Gasteiger partial charge on any atom is 0.266 e. The van der Waals surface area contributed by atoms with Crippen LogP contribution in [0.2, 0.25) is 0 Å². The Kier molecular flexibility index (Phi) is 3.14. The summed E-state index contributed by atoms with van der Waals surface area (Å²) >= 11 is 1.42. The van der Waals surface area contributed by atoms with E-state index < -0.39 is 0 Å². The molecule has 1 saturated heterocycles. The van der Waals surface area contributed by atoms with Gasteiger partial charge in [-0.3, -0.25) is 14.7 Å². The lowest BCUT2D eigenvalue weighted by Crippen LogP contribution is -2.23. The van der Waals surface area contributed by atoms with Crippen molar-refractivity contribution < 1.29 is 4.79 Å². The Morgan fingerprint density at radius 2 is 2.00 bits per heavy atom. The molecule has 3 rings (SSSR count). The Morgan fingerprint density at radius 3 is 2.70 bits per heavy atom. The number of rotatable bonds is 1. The topological polar surface area (TPSA) is 37.6 Å². The Hall–Kier alpha value is -2.01. The third-order valence-corrected chi connectivity index (χ3v) is 4.56. The van der Waals surface area contributed by atoms with Gasteiger partial charge in [-0.25, -0.2) is 0 Å². The molecule has 1 aromatic heterocycles. The van der Waals surface area contributed by atoms with E-state index >= 15 is 0 Å². The van der Waals surface area contributed by atoms with Crippen LogP contribution in [0.15, 0.2) is 40.4 Å². The van der Waals surface area contributed by atoms with Crippen LogP contribution in [-0.2, 0) is 11.8 Å². The largest absolute Gasteiger partial charge is 0.350 e. The van der Waals surface area contributed by atoms with Gasteiger partial charge < -0.3 is 4.57 Å². The molecule has 1 aromatic carbocycles. The molecule has 1 aliphatic rings. The molecule has 5 heteroatoms. The van der Waals surface area contributed by atoms with Crippen LogP contribution in [0.3, 0.4) is 0 Å². The second-order valence-electron chi connectivity index (χ2n) is 4.69. The zero-order chi connectivity index (χ0) is 14.3. The number of aryl methyl sites for hydroxylation is 1. The molecule has 1 amide bonds. The number of carbonyl (C=O) groups excluding carboxylic acids is 1. The van der Waals surface area contributed by atoms with Gasteiger partial charge in [-0.2, -0.15) is 0 Å². The highest BCUT2D eigenvalue weighted by atomic mass is 32.2. The van der Waals surface area contributed by atoms with Gasteiger partial charge in [0.05, 0.1) is 4.91 Å². The van der Waals surface area contributed by atoms with Crippen LogP contribution >= 0.6 is 11.8 Å². The van der Waals surface area contributed by atoms with Crippen LogP contribution in [0.4, 0.5) is 0 Å². The maximum absolute atomic E-state index is 12.2. The number of fused-ring (bicyclic) bond motifs is 1. The van der Waals surface area contributed by atoms with Crippen LogP contribution < -0.4 is 0 Å². The second-order valence-corrected chi connectivity index (χ2v) is 5.70. The van der Waals surface area contributed by atoms with Crippen LogP contribution in [-0.4, -0.2) is 34.6 Å². The zero-order valence-electron chi connectivity index (χ0n) is 11.6. The highest BCUT2D eigenvalue weighted by Gasteiger charge is 2.29. The number of para-hydroxylation sites is 1. The molecule has 0 radical (unpaired) electrons. The first-order chi connectivity index (χ1) is 9.61. The summed E-state index contributed by atoms with van der Waals surface area (Å²) in [6, 6.07) is 8.18. The summed E-state index contributed by atoms with van der Waals surface area (Å²) in [6.07, 6.45) is 4.00. The number of likely N-dealkylation sites (N-methyl/N-ethyl adjacent to an activating group) is 1. The Balaban J connectivity index is 2.10. The molecule has 0 N–H and O–H groups in total. The van der Waals surface area contributed by atoms with Gasteiger partial charge in [0.15, 0.2) is 5.17 Å². The molecule has 2 heterocycles. The van der Waals surface area contributed by atoms with E-state index in [4.69, 9.17) is 0 Å². The molecule has 102 valence electrons. The van der Waals surface area contributed by atoms with Gasteiger partial charge in [0.2, 0.25) is 0 Å². The third kappa shape index (κ3) is 1.94. The zero-order valence-corrected chi connectivity index (χ0v) is 12.4. The first-order valence-electron chi connectivity index (χ1n) is 6.30. The standard InChI is InChI=1S/C15H15N3OS/c1-16-15-18(3)14(19)13(20-15)8-10-9-17(2)12-7-5-4-6-11(10)12/h4-9H,1-3H3/b13-8+,16-15?. The fourth-order valence-corrected chi connectivity index (χ4v) is 3.30. The molecular formula is C15H15N3OS. The Labute approximate surface area is 121 Å². The van der Waals surface area contributed by atoms with Crippen LogP contribution in [0.1, 0.15) is 5.56 Å². The molecule has 1 fully saturated rings. The summed E-state index contributed by atoms with van der Waals surface area (Å²) in [4.78, 5) is 18.6. The summed E-state index contributed by atoms with van der Waals surface area (Å²) in [5.74, 6) is 0.00327. The summed E-state index contributed by atoms with van der Waals surface area (Å²) in [6.45, 7) is 0. The van der Waals surface area contributed by atoms with Crippen LogP contribution in [0, 0.1) is 0 Å². The van der Waals surface area contributed by atoms with Crippen molar-refractivity contribution in [3.63, 3.8) is 0 Å². The number of carbonyl (C=O) groups is 1. The lowest BCUT2D eigenvalue weighted by atomic mass is 10.1. The minimum atomic E-state index is 0.00327. The number of hydrogen-bond donors (Lipinski definition) is 0. The number of thioether (sulfide) groups is 1. The summed E-state index contributed by atoms with van der Waals surface area (Å²) < 4.78 is 2.07. The molecule has 0 unspecified atom stereocenters. The molecule has 2 aromatic rings. The predicted octanol–water partition coefficient (Wildman–Crippen LogP) is 2.71. The fraction of sp³-hybridized carbons (Fsp3) is 0.200. The highest BCUT2D eigenvalue weighted by Crippen LogP contribution is 2.33. The van der Waals surface area contributed by atoms with Gasteiger partial charge in [0.25, 0.3) is 5.91 Å². The average molecular weight is 285 g/mol. The lowest BCUT2D eigenvalue weighted by molar-refractivity contribution is -0.121. The van der Waals surface area contributed by atoms with E-state index in [0.29, 0.717) is 4.91 Å². The number of aliphatic imine (C=N–C) groups is 1. The summed E-state index contributed by atoms with van der Waals surface area (Å²) in [5.41, 5.74) is 2.22. The van der Waals surface area contributed by atoms with E-state index in [1.54, 1.807) is 19.0 Å². The van der Waals surface area contributed by atoms with Gasteiger partial charge in [-0.15, -0.1) is 0 Å². The lowest BCUT2D eigenvalue weighted by Gasteiger charge is -2.04. The number of benzene rings is 1. The first-order valence-corrected chi connectivity index (χ1v) is 7.12. The maximum atomic E-state index is 12.2. The van der Waals surface area contributed by atoms with Crippen molar-refractivity contribution in [2.45, 2.75) is 0 Å². The Bertz CT molecular complexity index is 758. The molecule has 20 heavy (non-hydrogen) atoms. The summed E-state index contributed by atoms with van der Waals surface area (Å²) in [7, 11) is 5.47.